The fourth-order valence-electron chi connectivity index (χ4n) is 0. The van der Waals surface area contributed by atoms with Crippen LogP contribution in [0, 0.1) is 14.9 Å². The molecule has 0 N–H and O–H groups in total. The molecule has 0 saturated carbocycles. The van der Waals surface area contributed by atoms with Crippen LogP contribution in [0.4, 0.5) is 0 Å². The van der Waals surface area contributed by atoms with Gasteiger partial charge in [-0.05, 0) is 0 Å². The second kappa shape index (κ2) is 21.5. The van der Waals surface area contributed by atoms with E-state index >= 15 is 0 Å². The van der Waals surface area contributed by atoms with Gasteiger partial charge in [-0.15, -0.1) is 0 Å². The van der Waals surface area contributed by atoms with E-state index in [1.54, 1.807) is 0 Å². The first-order valence-electron chi connectivity index (χ1n) is 0. The standard InChI is InChI=1S/CH3.CH.W.Y/h1H3;1H;;/q2*-1;;. The Labute approximate surface area is 67.9 Å². The fourth-order valence-corrected chi connectivity index (χ4v) is 0. The van der Waals surface area contributed by atoms with E-state index in [4.69, 9.17) is 0 Å². The van der Waals surface area contributed by atoms with Gasteiger partial charge >= 0.3 is 0 Å². The van der Waals surface area contributed by atoms with Crippen LogP contribution in [0.3, 0.4) is 0 Å². The van der Waals surface area contributed by atoms with E-state index in [0.29, 0.717) is 0 Å². The molecule has 0 saturated heterocycles. The molecule has 0 nitrogen and oxygen atoms in total. The van der Waals surface area contributed by atoms with Crippen LogP contribution < -0.4 is 0 Å². The van der Waals surface area contributed by atoms with Crippen molar-refractivity contribution in [2.24, 2.45) is 0 Å². The molecule has 0 aromatic rings. The van der Waals surface area contributed by atoms with Crippen LogP contribution in [0.2, 0.25) is 0 Å². The summed E-state index contributed by atoms with van der Waals surface area (Å²) in [5.41, 5.74) is 0. The van der Waals surface area contributed by atoms with E-state index in [9.17, 15) is 0 Å². The predicted molar refractivity (Wildman–Crippen MR) is 10.7 cm³/mol. The van der Waals surface area contributed by atoms with Gasteiger partial charge in [0.15, 0.2) is 0 Å². The van der Waals surface area contributed by atoms with Gasteiger partial charge in [0.2, 0.25) is 0 Å². The van der Waals surface area contributed by atoms with Gasteiger partial charge in [-0.3, -0.25) is 0 Å². The maximum absolute atomic E-state index is 0. The Morgan fingerprint density at radius 1 is 1.00 bits per heavy atom. The zero-order chi connectivity index (χ0) is 0. The van der Waals surface area contributed by atoms with Crippen molar-refractivity contribution in [1.29, 1.82) is 0 Å². The van der Waals surface area contributed by atoms with Gasteiger partial charge in [0.1, 0.15) is 0 Å². The van der Waals surface area contributed by atoms with Crippen LogP contribution in [0.25, 0.3) is 0 Å². The minimum Gasteiger partial charge on any atom is -0.726 e. The summed E-state index contributed by atoms with van der Waals surface area (Å²) in [6, 6.07) is 0. The Kier molecular flexibility index (Phi) is 222. The molecule has 0 unspecified atom stereocenters. The van der Waals surface area contributed by atoms with Crippen LogP contribution in [0.1, 0.15) is 0 Å². The van der Waals surface area contributed by atoms with Crippen molar-refractivity contribution in [2.75, 3.05) is 0 Å². The molecular weight excluding hydrogens is 297 g/mol. The summed E-state index contributed by atoms with van der Waals surface area (Å²) < 4.78 is 0. The average Bonchev–Trinajstić information content (AvgIpc) is 0. The predicted octanol–water partition coefficient (Wildman–Crippen LogP) is 0.650. The van der Waals surface area contributed by atoms with E-state index in [1.807, 2.05) is 0 Å². The van der Waals surface area contributed by atoms with E-state index in [-0.39, 0.29) is 68.6 Å². The minimum absolute atomic E-state index is 0. The van der Waals surface area contributed by atoms with Crippen molar-refractivity contribution in [3.8, 4) is 0 Å². The maximum atomic E-state index is 0. The molecule has 0 amide bonds. The maximum Gasteiger partial charge on any atom is 0 e. The molecule has 0 aliphatic rings. The van der Waals surface area contributed by atoms with E-state index in [0.717, 1.165) is 0 Å². The molecule has 0 aliphatic carbocycles. The third-order valence-electron chi connectivity index (χ3n) is 0. The van der Waals surface area contributed by atoms with Crippen molar-refractivity contribution >= 4 is 0 Å². The summed E-state index contributed by atoms with van der Waals surface area (Å²) in [6.07, 6.45) is 0. The number of rotatable bonds is 0. The Morgan fingerprint density at radius 2 is 1.00 bits per heavy atom. The number of hydrogen-bond acceptors (Lipinski definition) is 0. The Balaban J connectivity index is 0. The average molecular weight is 301 g/mol. The Hall–Kier alpha value is 1.79. The third-order valence-corrected chi connectivity index (χ3v) is 0. The van der Waals surface area contributed by atoms with Crippen LogP contribution in [-0.2, 0) is 53.8 Å². The quantitative estimate of drug-likeness (QED) is 0.576. The molecule has 0 rings (SSSR count). The van der Waals surface area contributed by atoms with Crippen LogP contribution >= 0.6 is 0 Å². The van der Waals surface area contributed by atoms with Gasteiger partial charge in [-0.2, -0.15) is 0 Å². The molecule has 0 aliphatic heterocycles. The zero-order valence-corrected chi connectivity index (χ0v) is 8.33. The number of hydrogen-bond donors (Lipinski definition) is 0. The SMILES string of the molecule is [CH-].[CH3-].[W].[Y]. The largest absolute Gasteiger partial charge is 0.726 e. The van der Waals surface area contributed by atoms with Crippen molar-refractivity contribution in [2.45, 2.75) is 0 Å². The van der Waals surface area contributed by atoms with E-state index < -0.39 is 0 Å². The summed E-state index contributed by atoms with van der Waals surface area (Å²) in [7, 11) is 0. The Bertz CT molecular complexity index is 6.00. The Morgan fingerprint density at radius 3 is 1.00 bits per heavy atom. The van der Waals surface area contributed by atoms with Gasteiger partial charge in [0.25, 0.3) is 0 Å². The normalized spacial score (nSPS) is 0. The molecular formula is C2H4WY-2. The fraction of sp³-hybridized carbons (Fsp3) is 0. The van der Waals surface area contributed by atoms with Gasteiger partial charge in [-0.25, -0.2) is 0 Å². The van der Waals surface area contributed by atoms with Gasteiger partial charge in [0.05, 0.1) is 0 Å². The minimum atomic E-state index is 0. The molecule has 3 radical (unpaired) electrons. The molecule has 0 fully saturated rings. The summed E-state index contributed by atoms with van der Waals surface area (Å²) >= 11 is 0. The van der Waals surface area contributed by atoms with E-state index in [1.165, 1.54) is 0 Å². The molecule has 0 aromatic heterocycles. The molecule has 0 atom stereocenters. The van der Waals surface area contributed by atoms with Crippen molar-refractivity contribution in [3.05, 3.63) is 14.9 Å². The first-order valence-corrected chi connectivity index (χ1v) is 0. The van der Waals surface area contributed by atoms with Crippen molar-refractivity contribution in [1.82, 2.24) is 0 Å². The van der Waals surface area contributed by atoms with Crippen LogP contribution in [-0.4, -0.2) is 0 Å². The zero-order valence-electron chi connectivity index (χ0n) is 2.56. The second-order valence-electron chi connectivity index (χ2n) is 0. The van der Waals surface area contributed by atoms with Crippen LogP contribution in [0.5, 0.6) is 0 Å². The summed E-state index contributed by atoms with van der Waals surface area (Å²) in [4.78, 5) is 0. The van der Waals surface area contributed by atoms with Crippen molar-refractivity contribution in [3.63, 3.8) is 0 Å². The van der Waals surface area contributed by atoms with E-state index in [2.05, 4.69) is 0 Å². The smallest absolute Gasteiger partial charge is 0 e. The third kappa shape index (κ3) is 9.20. The molecule has 4 heavy (non-hydrogen) atoms. The van der Waals surface area contributed by atoms with Gasteiger partial charge in [-0.1, -0.05) is 0 Å². The molecule has 23 valence electrons. The molecule has 0 bridgehead atoms. The summed E-state index contributed by atoms with van der Waals surface area (Å²) in [5, 5.41) is 0. The summed E-state index contributed by atoms with van der Waals surface area (Å²) in [5.74, 6) is 0. The molecule has 0 heterocycles. The molecule has 2 heteroatoms. The first-order chi connectivity index (χ1) is 0. The van der Waals surface area contributed by atoms with Gasteiger partial charge in [0, 0.05) is 53.8 Å². The van der Waals surface area contributed by atoms with Crippen molar-refractivity contribution < 1.29 is 53.8 Å². The second-order valence-corrected chi connectivity index (χ2v) is 0. The first kappa shape index (κ1) is 41.4. The topological polar surface area (TPSA) is 0 Å². The summed E-state index contributed by atoms with van der Waals surface area (Å²) in [6.45, 7) is 0. The monoisotopic (exact) mass is 301 g/mol. The van der Waals surface area contributed by atoms with Crippen LogP contribution in [0.15, 0.2) is 0 Å². The molecule has 0 aromatic carbocycles. The van der Waals surface area contributed by atoms with Gasteiger partial charge < -0.3 is 14.9 Å². The molecule has 0 spiro atoms.